The topological polar surface area (TPSA) is 96.2 Å². The largest absolute Gasteiger partial charge is 0.369 e. The number of hydrogen-bond donors (Lipinski definition) is 1. The van der Waals surface area contributed by atoms with E-state index in [1.165, 1.54) is 10.9 Å². The molecule has 0 bridgehead atoms. The molecular weight excluding hydrogens is 243 g/mol. The molecule has 1 aliphatic heterocycles. The SMILES string of the molecule is Cn1ncc([N+](=O)[O-])c1C1CC[C@@H](N)[C@H](F)CO1. The highest BCUT2D eigenvalue weighted by molar-refractivity contribution is 5.34. The summed E-state index contributed by atoms with van der Waals surface area (Å²) in [7, 11) is 1.60. The van der Waals surface area contributed by atoms with Gasteiger partial charge in [-0.05, 0) is 12.8 Å². The van der Waals surface area contributed by atoms with Crippen LogP contribution in [-0.4, -0.2) is 33.5 Å². The molecule has 8 heteroatoms. The fraction of sp³-hybridized carbons (Fsp3) is 0.700. The lowest BCUT2D eigenvalue weighted by atomic mass is 10.0. The molecule has 18 heavy (non-hydrogen) atoms. The van der Waals surface area contributed by atoms with Gasteiger partial charge in [0, 0.05) is 13.1 Å². The average molecular weight is 258 g/mol. The van der Waals surface area contributed by atoms with Crippen LogP contribution >= 0.6 is 0 Å². The van der Waals surface area contributed by atoms with E-state index in [0.717, 1.165) is 0 Å². The van der Waals surface area contributed by atoms with Crippen LogP contribution in [0, 0.1) is 10.1 Å². The second-order valence-electron chi connectivity index (χ2n) is 4.37. The molecule has 1 fully saturated rings. The van der Waals surface area contributed by atoms with Crippen LogP contribution in [-0.2, 0) is 11.8 Å². The minimum atomic E-state index is -1.23. The lowest BCUT2D eigenvalue weighted by Crippen LogP contribution is -2.32. The van der Waals surface area contributed by atoms with E-state index >= 15 is 0 Å². The summed E-state index contributed by atoms with van der Waals surface area (Å²) < 4.78 is 20.2. The Hall–Kier alpha value is -1.54. The van der Waals surface area contributed by atoms with Crippen LogP contribution in [0.4, 0.5) is 10.1 Å². The molecular formula is C10H15FN4O3. The van der Waals surface area contributed by atoms with Gasteiger partial charge in [-0.2, -0.15) is 5.10 Å². The Morgan fingerprint density at radius 3 is 3.06 bits per heavy atom. The van der Waals surface area contributed by atoms with Gasteiger partial charge >= 0.3 is 5.69 Å². The maximum absolute atomic E-state index is 13.4. The van der Waals surface area contributed by atoms with Crippen molar-refractivity contribution in [1.29, 1.82) is 0 Å². The number of alkyl halides is 1. The van der Waals surface area contributed by atoms with Gasteiger partial charge in [-0.25, -0.2) is 4.39 Å². The van der Waals surface area contributed by atoms with Crippen LogP contribution in [0.2, 0.25) is 0 Å². The van der Waals surface area contributed by atoms with Crippen LogP contribution in [0.15, 0.2) is 6.20 Å². The molecule has 2 rings (SSSR count). The quantitative estimate of drug-likeness (QED) is 0.626. The van der Waals surface area contributed by atoms with E-state index in [-0.39, 0.29) is 12.3 Å². The highest BCUT2D eigenvalue weighted by Crippen LogP contribution is 2.33. The number of halogens is 1. The average Bonchev–Trinajstić information content (AvgIpc) is 2.63. The number of nitrogens with two attached hydrogens (primary N) is 1. The molecule has 0 saturated carbocycles. The smallest absolute Gasteiger partial charge is 0.312 e. The lowest BCUT2D eigenvalue weighted by Gasteiger charge is -2.14. The third-order valence-electron chi connectivity index (χ3n) is 3.15. The van der Waals surface area contributed by atoms with Gasteiger partial charge in [-0.1, -0.05) is 0 Å². The molecule has 0 aromatic carbocycles. The zero-order chi connectivity index (χ0) is 13.3. The van der Waals surface area contributed by atoms with Gasteiger partial charge < -0.3 is 10.5 Å². The first-order valence-electron chi connectivity index (χ1n) is 5.68. The molecule has 0 spiro atoms. The normalized spacial score (nSPS) is 28.9. The highest BCUT2D eigenvalue weighted by Gasteiger charge is 2.32. The zero-order valence-corrected chi connectivity index (χ0v) is 9.95. The van der Waals surface area contributed by atoms with Gasteiger partial charge in [0.2, 0.25) is 0 Å². The van der Waals surface area contributed by atoms with E-state index in [1.807, 2.05) is 0 Å². The number of ether oxygens (including phenoxy) is 1. The van der Waals surface area contributed by atoms with Crippen molar-refractivity contribution >= 4 is 5.69 Å². The van der Waals surface area contributed by atoms with Gasteiger partial charge in [0.1, 0.15) is 24.2 Å². The van der Waals surface area contributed by atoms with Crippen molar-refractivity contribution in [2.45, 2.75) is 31.2 Å². The number of rotatable bonds is 2. The third-order valence-corrected chi connectivity index (χ3v) is 3.15. The van der Waals surface area contributed by atoms with Crippen LogP contribution in [0.1, 0.15) is 24.6 Å². The van der Waals surface area contributed by atoms with E-state index in [1.54, 1.807) is 7.05 Å². The Bertz CT molecular complexity index is 438. The molecule has 0 radical (unpaired) electrons. The Morgan fingerprint density at radius 2 is 2.39 bits per heavy atom. The third kappa shape index (κ3) is 2.34. The zero-order valence-electron chi connectivity index (χ0n) is 9.95. The predicted octanol–water partition coefficient (Wildman–Crippen LogP) is 0.845. The maximum Gasteiger partial charge on any atom is 0.312 e. The van der Waals surface area contributed by atoms with Crippen molar-refractivity contribution < 1.29 is 14.1 Å². The van der Waals surface area contributed by atoms with Crippen molar-refractivity contribution in [2.75, 3.05) is 6.61 Å². The minimum Gasteiger partial charge on any atom is -0.369 e. The van der Waals surface area contributed by atoms with Crippen molar-refractivity contribution in [1.82, 2.24) is 9.78 Å². The molecule has 1 saturated heterocycles. The summed E-state index contributed by atoms with van der Waals surface area (Å²) in [6, 6.07) is -0.581. The van der Waals surface area contributed by atoms with Crippen molar-refractivity contribution in [3.05, 3.63) is 22.0 Å². The monoisotopic (exact) mass is 258 g/mol. The molecule has 2 N–H and O–H groups in total. The lowest BCUT2D eigenvalue weighted by molar-refractivity contribution is -0.386. The van der Waals surface area contributed by atoms with Gasteiger partial charge in [-0.3, -0.25) is 14.8 Å². The van der Waals surface area contributed by atoms with E-state index in [2.05, 4.69) is 5.10 Å². The van der Waals surface area contributed by atoms with E-state index in [9.17, 15) is 14.5 Å². The standard InChI is InChI=1S/C10H15FN4O3/c1-14-10(8(4-13-14)15(16)17)9-3-2-7(12)6(11)5-18-9/h4,6-7,9H,2-3,5,12H2,1H3/t6-,7-,9?/m1/s1. The first-order valence-corrected chi connectivity index (χ1v) is 5.68. The first-order chi connectivity index (χ1) is 8.50. The van der Waals surface area contributed by atoms with Gasteiger partial charge in [0.25, 0.3) is 0 Å². The fourth-order valence-electron chi connectivity index (χ4n) is 2.10. The van der Waals surface area contributed by atoms with Crippen LogP contribution in [0.25, 0.3) is 0 Å². The Kier molecular flexibility index (Phi) is 3.58. The summed E-state index contributed by atoms with van der Waals surface area (Å²) in [6.45, 7) is -0.145. The summed E-state index contributed by atoms with van der Waals surface area (Å²) in [5.41, 5.74) is 5.88. The van der Waals surface area contributed by atoms with Crippen molar-refractivity contribution in [3.63, 3.8) is 0 Å². The molecule has 2 heterocycles. The second-order valence-corrected chi connectivity index (χ2v) is 4.37. The van der Waals surface area contributed by atoms with Crippen LogP contribution in [0.5, 0.6) is 0 Å². The van der Waals surface area contributed by atoms with E-state index in [0.29, 0.717) is 18.5 Å². The Balaban J connectivity index is 2.26. The van der Waals surface area contributed by atoms with Gasteiger partial charge in [0.05, 0.1) is 11.5 Å². The molecule has 3 atom stereocenters. The van der Waals surface area contributed by atoms with E-state index < -0.39 is 23.2 Å². The molecule has 7 nitrogen and oxygen atoms in total. The summed E-state index contributed by atoms with van der Waals surface area (Å²) >= 11 is 0. The van der Waals surface area contributed by atoms with Crippen molar-refractivity contribution in [2.24, 2.45) is 12.8 Å². The number of nitrogens with zero attached hydrogens (tertiary/aromatic N) is 3. The van der Waals surface area contributed by atoms with Crippen molar-refractivity contribution in [3.8, 4) is 0 Å². The van der Waals surface area contributed by atoms with Crippen LogP contribution < -0.4 is 5.73 Å². The van der Waals surface area contributed by atoms with E-state index in [4.69, 9.17) is 10.5 Å². The predicted molar refractivity (Wildman–Crippen MR) is 60.7 cm³/mol. The molecule has 100 valence electrons. The fourth-order valence-corrected chi connectivity index (χ4v) is 2.10. The molecule has 0 aliphatic carbocycles. The summed E-state index contributed by atoms with van der Waals surface area (Å²) in [5.74, 6) is 0. The van der Waals surface area contributed by atoms with Crippen LogP contribution in [0.3, 0.4) is 0 Å². The highest BCUT2D eigenvalue weighted by atomic mass is 19.1. The summed E-state index contributed by atoms with van der Waals surface area (Å²) in [5, 5.41) is 14.7. The first kappa shape index (κ1) is 12.9. The molecule has 1 unspecified atom stereocenters. The Morgan fingerprint density at radius 1 is 1.67 bits per heavy atom. The minimum absolute atomic E-state index is 0.103. The maximum atomic E-state index is 13.4. The summed E-state index contributed by atoms with van der Waals surface area (Å²) in [6.07, 6.45) is 0.277. The number of hydrogen-bond acceptors (Lipinski definition) is 5. The molecule has 1 aromatic rings. The van der Waals surface area contributed by atoms with Gasteiger partial charge in [0.15, 0.2) is 0 Å². The molecule has 0 amide bonds. The molecule has 1 aromatic heterocycles. The summed E-state index contributed by atoms with van der Waals surface area (Å²) in [4.78, 5) is 10.4. The molecule has 1 aliphatic rings. The van der Waals surface area contributed by atoms with Gasteiger partial charge in [-0.15, -0.1) is 0 Å². The number of aromatic nitrogens is 2. The Labute approximate surface area is 103 Å². The second kappa shape index (κ2) is 4.99. The number of nitro groups is 1. The number of aryl methyl sites for hydroxylation is 1.